The van der Waals surface area contributed by atoms with E-state index in [2.05, 4.69) is 26.3 Å². The number of pyridine rings is 1. The Kier molecular flexibility index (Phi) is 6.55. The average molecular weight is 532 g/mol. The molecule has 9 nitrogen and oxygen atoms in total. The highest BCUT2D eigenvalue weighted by Crippen LogP contribution is 2.35. The SMILES string of the molecule is C=C(F)C(=O)N1CC(n2nc(-c3ccc(OC(F)(F)F)cc3)c3nccc(C(=O)N4CCN(C)CC4)c32)C1. The second-order valence-corrected chi connectivity index (χ2v) is 9.29. The van der Waals surface area contributed by atoms with Crippen LogP contribution >= 0.6 is 0 Å². The van der Waals surface area contributed by atoms with Gasteiger partial charge in [0.25, 0.3) is 11.8 Å². The van der Waals surface area contributed by atoms with E-state index in [4.69, 9.17) is 0 Å². The zero-order valence-electron chi connectivity index (χ0n) is 20.4. The van der Waals surface area contributed by atoms with Crippen LogP contribution in [0.3, 0.4) is 0 Å². The quantitative estimate of drug-likeness (QED) is 0.371. The molecule has 13 heteroatoms. The Labute approximate surface area is 214 Å². The second-order valence-electron chi connectivity index (χ2n) is 9.29. The van der Waals surface area contributed by atoms with Gasteiger partial charge in [-0.2, -0.15) is 5.10 Å². The summed E-state index contributed by atoms with van der Waals surface area (Å²) < 4.78 is 56.7. The van der Waals surface area contributed by atoms with E-state index in [0.717, 1.165) is 13.1 Å². The lowest BCUT2D eigenvalue weighted by molar-refractivity contribution is -0.274. The van der Waals surface area contributed by atoms with Gasteiger partial charge in [0.15, 0.2) is 5.83 Å². The summed E-state index contributed by atoms with van der Waals surface area (Å²) in [6.07, 6.45) is -3.33. The van der Waals surface area contributed by atoms with Crippen LogP contribution in [0.4, 0.5) is 17.6 Å². The van der Waals surface area contributed by atoms with E-state index in [-0.39, 0.29) is 30.8 Å². The predicted octanol–water partition coefficient (Wildman–Crippen LogP) is 3.25. The molecule has 5 rings (SSSR count). The summed E-state index contributed by atoms with van der Waals surface area (Å²) in [6.45, 7) is 5.89. The van der Waals surface area contributed by atoms with Gasteiger partial charge in [0.1, 0.15) is 22.5 Å². The molecule has 0 saturated carbocycles. The van der Waals surface area contributed by atoms with Crippen LogP contribution in [0.5, 0.6) is 5.75 Å². The number of carbonyl (C=O) groups is 2. The summed E-state index contributed by atoms with van der Waals surface area (Å²) in [4.78, 5) is 35.2. The maximum atomic E-state index is 13.6. The number of alkyl halides is 3. The Hall–Kier alpha value is -4.00. The molecule has 0 spiro atoms. The molecule has 2 saturated heterocycles. The lowest BCUT2D eigenvalue weighted by atomic mass is 10.1. The van der Waals surface area contributed by atoms with Crippen molar-refractivity contribution in [3.8, 4) is 17.0 Å². The molecule has 2 aliphatic heterocycles. The average Bonchev–Trinajstić information content (AvgIpc) is 3.22. The highest BCUT2D eigenvalue weighted by Gasteiger charge is 2.37. The Morgan fingerprint density at radius 1 is 1.03 bits per heavy atom. The fraction of sp³-hybridized carbons (Fsp3) is 0.360. The third-order valence-corrected chi connectivity index (χ3v) is 6.70. The van der Waals surface area contributed by atoms with Gasteiger partial charge in [0, 0.05) is 51.0 Å². The summed E-state index contributed by atoms with van der Waals surface area (Å²) in [5, 5.41) is 4.68. The van der Waals surface area contributed by atoms with E-state index in [0.29, 0.717) is 40.9 Å². The highest BCUT2D eigenvalue weighted by molar-refractivity contribution is 6.07. The number of aromatic nitrogens is 3. The van der Waals surface area contributed by atoms with Crippen molar-refractivity contribution in [1.29, 1.82) is 0 Å². The Bertz CT molecular complexity index is 1390. The number of nitrogens with zero attached hydrogens (tertiary/aromatic N) is 6. The zero-order chi connectivity index (χ0) is 27.2. The number of amides is 2. The molecule has 0 radical (unpaired) electrons. The molecule has 0 aliphatic carbocycles. The maximum Gasteiger partial charge on any atom is 0.573 e. The fourth-order valence-electron chi connectivity index (χ4n) is 4.64. The van der Waals surface area contributed by atoms with Crippen molar-refractivity contribution >= 4 is 22.8 Å². The third kappa shape index (κ3) is 4.93. The zero-order valence-corrected chi connectivity index (χ0v) is 20.4. The van der Waals surface area contributed by atoms with Crippen LogP contribution in [0, 0.1) is 0 Å². The van der Waals surface area contributed by atoms with Gasteiger partial charge in [-0.25, -0.2) is 4.39 Å². The van der Waals surface area contributed by atoms with Gasteiger partial charge in [-0.15, -0.1) is 13.2 Å². The van der Waals surface area contributed by atoms with Gasteiger partial charge in [-0.05, 0) is 37.4 Å². The van der Waals surface area contributed by atoms with E-state index in [9.17, 15) is 27.2 Å². The van der Waals surface area contributed by atoms with Crippen LogP contribution < -0.4 is 4.74 Å². The lowest BCUT2D eigenvalue weighted by Gasteiger charge is -2.39. The van der Waals surface area contributed by atoms with Gasteiger partial charge in [-0.1, -0.05) is 6.58 Å². The summed E-state index contributed by atoms with van der Waals surface area (Å²) in [5.74, 6) is -2.46. The molecule has 1 aromatic carbocycles. The van der Waals surface area contributed by atoms with Crippen molar-refractivity contribution in [3.05, 3.63) is 54.5 Å². The van der Waals surface area contributed by atoms with Crippen molar-refractivity contribution in [1.82, 2.24) is 29.5 Å². The van der Waals surface area contributed by atoms with E-state index in [1.54, 1.807) is 15.6 Å². The molecule has 4 heterocycles. The van der Waals surface area contributed by atoms with Crippen molar-refractivity contribution < 1.29 is 31.9 Å². The Balaban J connectivity index is 1.55. The van der Waals surface area contributed by atoms with Crippen molar-refractivity contribution in [2.24, 2.45) is 0 Å². The van der Waals surface area contributed by atoms with Crippen LogP contribution in [-0.2, 0) is 4.79 Å². The van der Waals surface area contributed by atoms with Gasteiger partial charge in [0.05, 0.1) is 11.6 Å². The summed E-state index contributed by atoms with van der Waals surface area (Å²) in [5.41, 5.74) is 2.01. The minimum absolute atomic E-state index is 0.146. The fourth-order valence-corrected chi connectivity index (χ4v) is 4.64. The molecule has 0 bridgehead atoms. The number of rotatable bonds is 5. The number of fused-ring (bicyclic) bond motifs is 1. The standard InChI is InChI=1S/C25H24F4N6O3/c1-15(26)23(36)34-13-17(14-34)35-22-19(24(37)33-11-9-32(2)10-12-33)7-8-30-21(22)20(31-35)16-3-5-18(6-4-16)38-25(27,28)29/h3-8,17H,1,9-14H2,2H3. The number of piperazine rings is 1. The number of hydrogen-bond acceptors (Lipinski definition) is 6. The van der Waals surface area contributed by atoms with Gasteiger partial charge in [-0.3, -0.25) is 19.3 Å². The molecule has 0 unspecified atom stereocenters. The summed E-state index contributed by atoms with van der Waals surface area (Å²) in [7, 11) is 1.98. The normalized spacial score (nSPS) is 17.0. The van der Waals surface area contributed by atoms with Crippen LogP contribution in [0.2, 0.25) is 0 Å². The minimum Gasteiger partial charge on any atom is -0.406 e. The molecule has 3 aromatic rings. The lowest BCUT2D eigenvalue weighted by Crippen LogP contribution is -2.51. The molecule has 2 aromatic heterocycles. The van der Waals surface area contributed by atoms with E-state index >= 15 is 0 Å². The molecular formula is C25H24F4N6O3. The van der Waals surface area contributed by atoms with Crippen LogP contribution in [0.15, 0.2) is 48.9 Å². The van der Waals surface area contributed by atoms with Crippen molar-refractivity contribution in [2.75, 3.05) is 46.3 Å². The third-order valence-electron chi connectivity index (χ3n) is 6.70. The molecule has 0 N–H and O–H groups in total. The Morgan fingerprint density at radius 3 is 2.29 bits per heavy atom. The number of carbonyl (C=O) groups excluding carboxylic acids is 2. The summed E-state index contributed by atoms with van der Waals surface area (Å²) in [6, 6.07) is 6.43. The molecule has 2 aliphatic rings. The van der Waals surface area contributed by atoms with E-state index < -0.39 is 18.1 Å². The highest BCUT2D eigenvalue weighted by atomic mass is 19.4. The van der Waals surface area contributed by atoms with Gasteiger partial charge >= 0.3 is 6.36 Å². The number of likely N-dealkylation sites (N-methyl/N-ethyl adjacent to an activating group) is 1. The number of hydrogen-bond donors (Lipinski definition) is 0. The van der Waals surface area contributed by atoms with Crippen LogP contribution in [-0.4, -0.2) is 94.0 Å². The first-order valence-corrected chi connectivity index (χ1v) is 11.9. The topological polar surface area (TPSA) is 83.8 Å². The monoisotopic (exact) mass is 532 g/mol. The summed E-state index contributed by atoms with van der Waals surface area (Å²) >= 11 is 0. The van der Waals surface area contributed by atoms with Crippen molar-refractivity contribution in [3.63, 3.8) is 0 Å². The molecule has 0 atom stereocenters. The minimum atomic E-state index is -4.83. The molecule has 2 amide bonds. The molecule has 2 fully saturated rings. The predicted molar refractivity (Wildman–Crippen MR) is 129 cm³/mol. The number of likely N-dealkylation sites (tertiary alicyclic amines) is 1. The van der Waals surface area contributed by atoms with Crippen LogP contribution in [0.1, 0.15) is 16.4 Å². The van der Waals surface area contributed by atoms with Crippen molar-refractivity contribution in [2.45, 2.75) is 12.4 Å². The smallest absolute Gasteiger partial charge is 0.406 e. The maximum absolute atomic E-state index is 13.6. The number of benzene rings is 1. The number of halogens is 4. The largest absolute Gasteiger partial charge is 0.573 e. The number of ether oxygens (including phenoxy) is 1. The Morgan fingerprint density at radius 2 is 1.68 bits per heavy atom. The molecular weight excluding hydrogens is 508 g/mol. The second kappa shape index (κ2) is 9.71. The first kappa shape index (κ1) is 25.6. The van der Waals surface area contributed by atoms with Crippen LogP contribution in [0.25, 0.3) is 22.3 Å². The van der Waals surface area contributed by atoms with E-state index in [1.807, 2.05) is 7.05 Å². The molecule has 200 valence electrons. The van der Waals surface area contributed by atoms with E-state index in [1.165, 1.54) is 35.4 Å². The first-order chi connectivity index (χ1) is 18.0. The molecule has 38 heavy (non-hydrogen) atoms. The first-order valence-electron chi connectivity index (χ1n) is 11.9. The van der Waals surface area contributed by atoms with Gasteiger partial charge < -0.3 is 19.4 Å². The van der Waals surface area contributed by atoms with Gasteiger partial charge in [0.2, 0.25) is 0 Å².